The average Bonchev–Trinajstić information content (AvgIpc) is 3.08. The van der Waals surface area contributed by atoms with Crippen LogP contribution in [0.15, 0.2) is 0 Å². The molecule has 1 saturated heterocycles. The molecule has 0 amide bonds. The van der Waals surface area contributed by atoms with Crippen LogP contribution >= 0.6 is 0 Å². The van der Waals surface area contributed by atoms with E-state index in [1.807, 2.05) is 18.4 Å². The molecule has 3 aliphatic rings. The van der Waals surface area contributed by atoms with Gasteiger partial charge in [-0.3, -0.25) is 0 Å². The van der Waals surface area contributed by atoms with Crippen LogP contribution in [0, 0.1) is 23.7 Å². The zero-order chi connectivity index (χ0) is 16.6. The first-order valence-electron chi connectivity index (χ1n) is 8.61. The lowest BCUT2D eigenvalue weighted by Gasteiger charge is -2.37. The highest BCUT2D eigenvalue weighted by atomic mass is 32.2. The van der Waals surface area contributed by atoms with E-state index < -0.39 is 10.0 Å². The highest BCUT2D eigenvalue weighted by molar-refractivity contribution is 7.89. The average molecular weight is 338 g/mol. The van der Waals surface area contributed by atoms with Crippen molar-refractivity contribution in [3.05, 3.63) is 11.6 Å². The third kappa shape index (κ3) is 1.81. The van der Waals surface area contributed by atoms with Gasteiger partial charge < -0.3 is 4.57 Å². The normalized spacial score (nSPS) is 37.4. The van der Waals surface area contributed by atoms with Crippen molar-refractivity contribution in [1.29, 1.82) is 0 Å². The molecule has 1 aliphatic heterocycles. The predicted octanol–water partition coefficient (Wildman–Crippen LogP) is 1.95. The van der Waals surface area contributed by atoms with Gasteiger partial charge in [0, 0.05) is 18.0 Å². The smallest absolute Gasteiger partial charge is 0.215 e. The Morgan fingerprint density at radius 2 is 2.04 bits per heavy atom. The molecule has 0 radical (unpaired) electrons. The van der Waals surface area contributed by atoms with Gasteiger partial charge in [-0.15, -0.1) is 10.2 Å². The number of sulfonamides is 1. The summed E-state index contributed by atoms with van der Waals surface area (Å²) in [7, 11) is -3.22. The summed E-state index contributed by atoms with van der Waals surface area (Å²) in [6, 6.07) is 0.142. The second kappa shape index (κ2) is 4.57. The minimum atomic E-state index is -3.22. The zero-order valence-corrected chi connectivity index (χ0v) is 15.2. The number of aryl methyl sites for hydroxylation is 1. The molecule has 2 aliphatic carbocycles. The third-order valence-electron chi connectivity index (χ3n) is 7.16. The molecule has 1 aromatic heterocycles. The molecule has 2 saturated carbocycles. The predicted molar refractivity (Wildman–Crippen MR) is 87.1 cm³/mol. The number of hydrogen-bond donors (Lipinski definition) is 0. The standard InChI is InChI=1S/C16H26N4O2S/c1-5-19-11(2)17-18-14(19)9-20-13-8-12-6-7-16(13,15(12,3)4)10-23(20,21)22/h12-13H,5-10H2,1-4H3/t12-,13+,16+/m1/s1. The fourth-order valence-electron chi connectivity index (χ4n) is 5.68. The quantitative estimate of drug-likeness (QED) is 0.845. The molecule has 6 nitrogen and oxygen atoms in total. The molecule has 7 heteroatoms. The minimum Gasteiger partial charge on any atom is -0.314 e. The fourth-order valence-corrected chi connectivity index (χ4v) is 8.19. The van der Waals surface area contributed by atoms with E-state index in [2.05, 4.69) is 24.0 Å². The summed E-state index contributed by atoms with van der Waals surface area (Å²) in [6.07, 6.45) is 3.23. The van der Waals surface area contributed by atoms with Gasteiger partial charge in [0.1, 0.15) is 11.6 Å². The molecule has 128 valence electrons. The van der Waals surface area contributed by atoms with E-state index in [1.165, 1.54) is 6.42 Å². The van der Waals surface area contributed by atoms with Crippen molar-refractivity contribution in [3.63, 3.8) is 0 Å². The first kappa shape index (κ1) is 15.6. The van der Waals surface area contributed by atoms with Crippen LogP contribution in [0.1, 0.15) is 51.7 Å². The molecule has 1 aromatic rings. The summed E-state index contributed by atoms with van der Waals surface area (Å²) in [5, 5.41) is 8.36. The Morgan fingerprint density at radius 3 is 2.70 bits per heavy atom. The van der Waals surface area contributed by atoms with Crippen LogP contribution in [-0.2, 0) is 23.1 Å². The first-order valence-corrected chi connectivity index (χ1v) is 10.2. The second-order valence-electron chi connectivity index (χ2n) is 8.07. The van der Waals surface area contributed by atoms with Gasteiger partial charge in [0.15, 0.2) is 0 Å². The van der Waals surface area contributed by atoms with E-state index in [-0.39, 0.29) is 16.9 Å². The SMILES string of the molecule is CCn1c(C)nnc1CN1[C@H]2C[C@H]3CC[C@@]2(CS1(=O)=O)C3(C)C. The van der Waals surface area contributed by atoms with E-state index in [1.54, 1.807) is 4.31 Å². The summed E-state index contributed by atoms with van der Waals surface area (Å²) in [4.78, 5) is 0. The Labute approximate surface area is 138 Å². The molecule has 4 rings (SSSR count). The highest BCUT2D eigenvalue weighted by Gasteiger charge is 2.71. The van der Waals surface area contributed by atoms with Gasteiger partial charge in [-0.25, -0.2) is 8.42 Å². The number of hydrogen-bond acceptors (Lipinski definition) is 4. The van der Waals surface area contributed by atoms with Crippen LogP contribution in [0.3, 0.4) is 0 Å². The second-order valence-corrected chi connectivity index (χ2v) is 10.00. The molecule has 3 fully saturated rings. The molecule has 0 aromatic carbocycles. The van der Waals surface area contributed by atoms with Crippen LogP contribution in [-0.4, -0.2) is 39.3 Å². The monoisotopic (exact) mass is 338 g/mol. The lowest BCUT2D eigenvalue weighted by Crippen LogP contribution is -2.41. The number of fused-ring (bicyclic) bond motifs is 1. The summed E-state index contributed by atoms with van der Waals surface area (Å²) in [5.41, 5.74) is 0.0520. The number of aromatic nitrogens is 3. The van der Waals surface area contributed by atoms with Crippen molar-refractivity contribution in [2.75, 3.05) is 5.75 Å². The third-order valence-corrected chi connectivity index (χ3v) is 9.14. The molecular weight excluding hydrogens is 312 g/mol. The van der Waals surface area contributed by atoms with Crippen LogP contribution in [0.2, 0.25) is 0 Å². The Bertz CT molecular complexity index is 754. The summed E-state index contributed by atoms with van der Waals surface area (Å²) >= 11 is 0. The Balaban J connectivity index is 1.72. The van der Waals surface area contributed by atoms with E-state index in [0.717, 1.165) is 31.0 Å². The van der Waals surface area contributed by atoms with Crippen molar-refractivity contribution in [3.8, 4) is 0 Å². The van der Waals surface area contributed by atoms with Crippen LogP contribution in [0.25, 0.3) is 0 Å². The maximum absolute atomic E-state index is 12.9. The highest BCUT2D eigenvalue weighted by Crippen LogP contribution is 2.70. The van der Waals surface area contributed by atoms with Crippen molar-refractivity contribution in [2.24, 2.45) is 16.7 Å². The van der Waals surface area contributed by atoms with E-state index in [4.69, 9.17) is 0 Å². The van der Waals surface area contributed by atoms with Gasteiger partial charge in [-0.1, -0.05) is 13.8 Å². The molecule has 0 N–H and O–H groups in total. The van der Waals surface area contributed by atoms with E-state index >= 15 is 0 Å². The topological polar surface area (TPSA) is 68.1 Å². The summed E-state index contributed by atoms with van der Waals surface area (Å²) < 4.78 is 29.6. The molecule has 2 bridgehead atoms. The first-order chi connectivity index (χ1) is 10.7. The molecule has 3 atom stereocenters. The summed E-state index contributed by atoms with van der Waals surface area (Å²) in [6.45, 7) is 9.66. The van der Waals surface area contributed by atoms with E-state index in [9.17, 15) is 8.42 Å². The lowest BCUT2D eigenvalue weighted by molar-refractivity contribution is 0.111. The van der Waals surface area contributed by atoms with Gasteiger partial charge in [0.2, 0.25) is 10.0 Å². The van der Waals surface area contributed by atoms with Gasteiger partial charge in [0.05, 0.1) is 12.3 Å². The molecule has 0 unspecified atom stereocenters. The summed E-state index contributed by atoms with van der Waals surface area (Å²) in [5.74, 6) is 2.58. The van der Waals surface area contributed by atoms with Crippen molar-refractivity contribution >= 4 is 10.0 Å². The van der Waals surface area contributed by atoms with Gasteiger partial charge >= 0.3 is 0 Å². The number of nitrogens with zero attached hydrogens (tertiary/aromatic N) is 4. The number of rotatable bonds is 3. The van der Waals surface area contributed by atoms with Crippen molar-refractivity contribution < 1.29 is 8.42 Å². The maximum atomic E-state index is 12.9. The van der Waals surface area contributed by atoms with Gasteiger partial charge in [-0.2, -0.15) is 4.31 Å². The largest absolute Gasteiger partial charge is 0.314 e. The fraction of sp³-hybridized carbons (Fsp3) is 0.875. The van der Waals surface area contributed by atoms with Gasteiger partial charge in [0.25, 0.3) is 0 Å². The lowest BCUT2D eigenvalue weighted by atomic mass is 9.69. The molecule has 23 heavy (non-hydrogen) atoms. The Kier molecular flexibility index (Phi) is 3.09. The molecular formula is C16H26N4O2S. The van der Waals surface area contributed by atoms with E-state index in [0.29, 0.717) is 18.2 Å². The van der Waals surface area contributed by atoms with Crippen LogP contribution in [0.5, 0.6) is 0 Å². The van der Waals surface area contributed by atoms with Crippen molar-refractivity contribution in [2.45, 2.75) is 66.1 Å². The maximum Gasteiger partial charge on any atom is 0.215 e. The Hall–Kier alpha value is -0.950. The van der Waals surface area contributed by atoms with Crippen molar-refractivity contribution in [1.82, 2.24) is 19.1 Å². The molecule has 2 heterocycles. The Morgan fingerprint density at radius 1 is 1.30 bits per heavy atom. The minimum absolute atomic E-state index is 0.0669. The van der Waals surface area contributed by atoms with Crippen LogP contribution in [0.4, 0.5) is 0 Å². The molecule has 1 spiro atoms. The van der Waals surface area contributed by atoms with Crippen LogP contribution < -0.4 is 0 Å². The zero-order valence-electron chi connectivity index (χ0n) is 14.4. The van der Waals surface area contributed by atoms with Gasteiger partial charge in [-0.05, 0) is 44.4 Å².